The first-order chi connectivity index (χ1) is 10.6. The summed E-state index contributed by atoms with van der Waals surface area (Å²) in [6.07, 6.45) is 3.45. The second-order valence-corrected chi connectivity index (χ2v) is 6.24. The fraction of sp³-hybridized carbons (Fsp3) is 0.600. The van der Waals surface area contributed by atoms with Crippen LogP contribution in [0.15, 0.2) is 12.1 Å². The average molecular weight is 329 g/mol. The van der Waals surface area contributed by atoms with E-state index in [1.54, 1.807) is 13.2 Å². The first-order valence-electron chi connectivity index (χ1n) is 7.49. The van der Waals surface area contributed by atoms with Crippen molar-refractivity contribution in [2.45, 2.75) is 38.6 Å². The number of rotatable bonds is 7. The summed E-state index contributed by atoms with van der Waals surface area (Å²) in [5.41, 5.74) is 2.07. The smallest absolute Gasteiger partial charge is 0.328 e. The molecule has 1 aliphatic carbocycles. The van der Waals surface area contributed by atoms with Gasteiger partial charge in [0, 0.05) is 18.2 Å². The van der Waals surface area contributed by atoms with E-state index in [1.165, 1.54) is 0 Å². The van der Waals surface area contributed by atoms with Crippen LogP contribution in [-0.2, 0) is 17.4 Å². The van der Waals surface area contributed by atoms with Crippen LogP contribution in [0.4, 0.5) is 0 Å². The molecule has 0 aromatic heterocycles. The monoisotopic (exact) mass is 329 g/mol. The summed E-state index contributed by atoms with van der Waals surface area (Å²) in [6, 6.07) is 4.06. The Morgan fingerprint density at radius 3 is 2.77 bits per heavy atom. The minimum Gasteiger partial charge on any atom is -0.504 e. The molecule has 6 nitrogen and oxygen atoms in total. The van der Waals surface area contributed by atoms with Gasteiger partial charge in [-0.15, -0.1) is 0 Å². The largest absolute Gasteiger partial charge is 0.504 e. The summed E-state index contributed by atoms with van der Waals surface area (Å²) in [5.74, 6) is 0.753. The van der Waals surface area contributed by atoms with Crippen LogP contribution in [0.2, 0.25) is 0 Å². The van der Waals surface area contributed by atoms with Crippen LogP contribution < -0.4 is 4.74 Å². The fourth-order valence-electron chi connectivity index (χ4n) is 3.04. The zero-order valence-corrected chi connectivity index (χ0v) is 13.9. The topological polar surface area (TPSA) is 82.4 Å². The second kappa shape index (κ2) is 8.09. The molecule has 0 amide bonds. The normalized spacial score (nSPS) is 17.8. The molecule has 1 aliphatic rings. The molecule has 0 bridgehead atoms. The standard InChI is InChI=1S/C15H24NO5P/c1-3-8-16(10-21-22(18)19)12-5-6-13-11(9-12)4-7-14(20-2)15(13)17/h4,7,12,17-19H,3,5-6,8-10H2,1-2H3. The first kappa shape index (κ1) is 17.4. The highest BCUT2D eigenvalue weighted by atomic mass is 31.2. The highest BCUT2D eigenvalue weighted by molar-refractivity contribution is 7.39. The number of aromatic hydroxyl groups is 1. The van der Waals surface area contributed by atoms with Crippen LogP contribution in [-0.4, -0.2) is 46.2 Å². The van der Waals surface area contributed by atoms with E-state index in [2.05, 4.69) is 11.8 Å². The predicted molar refractivity (Wildman–Crippen MR) is 84.8 cm³/mol. The molecule has 0 aliphatic heterocycles. The Kier molecular flexibility index (Phi) is 6.41. The summed E-state index contributed by atoms with van der Waals surface area (Å²) >= 11 is 0. The van der Waals surface area contributed by atoms with E-state index in [-0.39, 0.29) is 18.5 Å². The van der Waals surface area contributed by atoms with E-state index in [1.807, 2.05) is 6.07 Å². The van der Waals surface area contributed by atoms with Crippen molar-refractivity contribution in [2.75, 3.05) is 20.4 Å². The highest BCUT2D eigenvalue weighted by Gasteiger charge is 2.27. The number of nitrogens with zero attached hydrogens (tertiary/aromatic N) is 1. The van der Waals surface area contributed by atoms with Crippen LogP contribution in [0, 0.1) is 0 Å². The number of fused-ring (bicyclic) bond motifs is 1. The maximum absolute atomic E-state index is 10.2. The maximum Gasteiger partial charge on any atom is 0.328 e. The van der Waals surface area contributed by atoms with Crippen molar-refractivity contribution < 1.29 is 24.2 Å². The van der Waals surface area contributed by atoms with Crippen LogP contribution in [0.3, 0.4) is 0 Å². The van der Waals surface area contributed by atoms with E-state index < -0.39 is 8.60 Å². The van der Waals surface area contributed by atoms with Gasteiger partial charge in [0.1, 0.15) is 6.73 Å². The summed E-state index contributed by atoms with van der Waals surface area (Å²) in [7, 11) is -0.776. The quantitative estimate of drug-likeness (QED) is 0.525. The van der Waals surface area contributed by atoms with Crippen molar-refractivity contribution in [2.24, 2.45) is 0 Å². The third-order valence-corrected chi connectivity index (χ3v) is 4.46. The van der Waals surface area contributed by atoms with Crippen molar-refractivity contribution in [3.05, 3.63) is 23.3 Å². The molecule has 3 N–H and O–H groups in total. The van der Waals surface area contributed by atoms with Gasteiger partial charge in [0.25, 0.3) is 0 Å². The summed E-state index contributed by atoms with van der Waals surface area (Å²) in [6.45, 7) is 3.14. The molecule has 1 unspecified atom stereocenters. The van der Waals surface area contributed by atoms with Gasteiger partial charge in [-0.3, -0.25) is 9.42 Å². The molecular formula is C15H24NO5P. The van der Waals surface area contributed by atoms with E-state index in [0.29, 0.717) is 5.75 Å². The van der Waals surface area contributed by atoms with Crippen LogP contribution in [0.5, 0.6) is 11.5 Å². The molecule has 0 heterocycles. The van der Waals surface area contributed by atoms with Gasteiger partial charge < -0.3 is 19.6 Å². The first-order valence-corrected chi connectivity index (χ1v) is 8.65. The van der Waals surface area contributed by atoms with Gasteiger partial charge >= 0.3 is 8.60 Å². The van der Waals surface area contributed by atoms with Gasteiger partial charge in [0.15, 0.2) is 11.5 Å². The van der Waals surface area contributed by atoms with Crippen molar-refractivity contribution >= 4 is 8.60 Å². The fourth-order valence-corrected chi connectivity index (χ4v) is 3.29. The minimum absolute atomic E-state index is 0.217. The lowest BCUT2D eigenvalue weighted by Crippen LogP contribution is -2.40. The molecule has 0 saturated heterocycles. The van der Waals surface area contributed by atoms with Gasteiger partial charge in [0.2, 0.25) is 0 Å². The Hall–Kier alpha value is -0.910. The lowest BCUT2D eigenvalue weighted by Gasteiger charge is -2.35. The number of hydrogen-bond acceptors (Lipinski definition) is 6. The lowest BCUT2D eigenvalue weighted by atomic mass is 9.86. The van der Waals surface area contributed by atoms with Crippen molar-refractivity contribution in [1.29, 1.82) is 0 Å². The Balaban J connectivity index is 2.10. The van der Waals surface area contributed by atoms with Gasteiger partial charge in [-0.05, 0) is 37.3 Å². The third-order valence-electron chi connectivity index (χ3n) is 4.11. The van der Waals surface area contributed by atoms with Crippen LogP contribution >= 0.6 is 8.60 Å². The zero-order chi connectivity index (χ0) is 16.1. The number of ether oxygens (including phenoxy) is 1. The molecule has 1 aromatic rings. The van der Waals surface area contributed by atoms with Crippen molar-refractivity contribution in [3.63, 3.8) is 0 Å². The van der Waals surface area contributed by atoms with Gasteiger partial charge in [-0.1, -0.05) is 13.0 Å². The second-order valence-electron chi connectivity index (χ2n) is 5.47. The van der Waals surface area contributed by atoms with E-state index in [4.69, 9.17) is 19.0 Å². The van der Waals surface area contributed by atoms with Crippen LogP contribution in [0.25, 0.3) is 0 Å². The molecular weight excluding hydrogens is 305 g/mol. The zero-order valence-electron chi connectivity index (χ0n) is 13.0. The van der Waals surface area contributed by atoms with Gasteiger partial charge in [-0.2, -0.15) is 0 Å². The summed E-state index contributed by atoms with van der Waals surface area (Å²) in [5, 5.41) is 10.2. The van der Waals surface area contributed by atoms with E-state index >= 15 is 0 Å². The molecule has 0 fully saturated rings. The number of methoxy groups -OCH3 is 1. The number of benzene rings is 1. The minimum atomic E-state index is -2.33. The Morgan fingerprint density at radius 1 is 1.36 bits per heavy atom. The Labute approximate surface area is 132 Å². The van der Waals surface area contributed by atoms with Gasteiger partial charge in [-0.25, -0.2) is 0 Å². The number of phenolic OH excluding ortho intramolecular Hbond substituents is 1. The predicted octanol–water partition coefficient (Wildman–Crippen LogP) is 2.16. The summed E-state index contributed by atoms with van der Waals surface area (Å²) in [4.78, 5) is 20.0. The third kappa shape index (κ3) is 4.09. The van der Waals surface area contributed by atoms with Crippen molar-refractivity contribution in [3.8, 4) is 11.5 Å². The van der Waals surface area contributed by atoms with E-state index in [9.17, 15) is 5.11 Å². The van der Waals surface area contributed by atoms with E-state index in [0.717, 1.165) is 43.4 Å². The van der Waals surface area contributed by atoms with Crippen molar-refractivity contribution in [1.82, 2.24) is 4.90 Å². The SMILES string of the molecule is CCCN(COP(O)O)C1CCc2c(ccc(OC)c2O)C1. The molecule has 0 spiro atoms. The summed E-state index contributed by atoms with van der Waals surface area (Å²) < 4.78 is 10.1. The molecule has 0 saturated carbocycles. The Bertz CT molecular complexity index is 497. The molecule has 1 aromatic carbocycles. The molecule has 124 valence electrons. The maximum atomic E-state index is 10.2. The molecule has 1 atom stereocenters. The molecule has 7 heteroatoms. The molecule has 0 radical (unpaired) electrons. The number of phenols is 1. The van der Waals surface area contributed by atoms with Crippen LogP contribution in [0.1, 0.15) is 30.9 Å². The number of hydrogen-bond donors (Lipinski definition) is 3. The van der Waals surface area contributed by atoms with Gasteiger partial charge in [0.05, 0.1) is 7.11 Å². The lowest BCUT2D eigenvalue weighted by molar-refractivity contribution is 0.0679. The molecule has 22 heavy (non-hydrogen) atoms. The highest BCUT2D eigenvalue weighted by Crippen LogP contribution is 2.37. The average Bonchev–Trinajstić information content (AvgIpc) is 2.51. The molecule has 2 rings (SSSR count). The Morgan fingerprint density at radius 2 is 2.14 bits per heavy atom.